The van der Waals surface area contributed by atoms with Crippen molar-refractivity contribution in [3.8, 4) is 0 Å². The second-order valence-corrected chi connectivity index (χ2v) is 5.92. The fraction of sp³-hybridized carbons (Fsp3) is 0.375. The van der Waals surface area contributed by atoms with Crippen LogP contribution in [0.4, 0.5) is 13.2 Å². The van der Waals surface area contributed by atoms with Gasteiger partial charge in [0.25, 0.3) is 5.91 Å². The Morgan fingerprint density at radius 3 is 2.62 bits per heavy atom. The molecule has 3 rings (SSSR count). The summed E-state index contributed by atoms with van der Waals surface area (Å²) in [6.45, 7) is -0.432. The molecule has 0 radical (unpaired) electrons. The molecule has 1 aromatic heterocycles. The smallest absolute Gasteiger partial charge is 0.379 e. The Hall–Kier alpha value is -2.35. The van der Waals surface area contributed by atoms with Gasteiger partial charge in [-0.3, -0.25) is 9.48 Å². The van der Waals surface area contributed by atoms with Crippen molar-refractivity contribution >= 4 is 5.91 Å². The molecule has 1 atom stereocenters. The Kier molecular flexibility index (Phi) is 4.08. The summed E-state index contributed by atoms with van der Waals surface area (Å²) in [6.07, 6.45) is -2.43. The molecule has 24 heavy (non-hydrogen) atoms. The predicted octanol–water partition coefficient (Wildman–Crippen LogP) is 2.07. The number of β-amino-alcohol motifs (C(OH)–C–C–N with tert-alkyl or cyclic N) is 1. The number of halogens is 3. The molecule has 128 valence electrons. The van der Waals surface area contributed by atoms with Gasteiger partial charge in [0.2, 0.25) is 0 Å². The van der Waals surface area contributed by atoms with Crippen LogP contribution in [0.5, 0.6) is 0 Å². The van der Waals surface area contributed by atoms with E-state index in [0.29, 0.717) is 6.54 Å². The summed E-state index contributed by atoms with van der Waals surface area (Å²) in [5.74, 6) is -0.561. The van der Waals surface area contributed by atoms with Crippen LogP contribution in [0.3, 0.4) is 0 Å². The van der Waals surface area contributed by atoms with Crippen molar-refractivity contribution < 1.29 is 23.1 Å². The molecule has 1 aliphatic rings. The average Bonchev–Trinajstić information content (AvgIpc) is 3.15. The number of amides is 1. The molecule has 0 bridgehead atoms. The van der Waals surface area contributed by atoms with Crippen molar-refractivity contribution in [3.63, 3.8) is 0 Å². The molecule has 0 saturated carbocycles. The molecule has 0 aliphatic carbocycles. The number of nitrogens with zero attached hydrogens (tertiary/aromatic N) is 3. The highest BCUT2D eigenvalue weighted by molar-refractivity contribution is 5.94. The van der Waals surface area contributed by atoms with E-state index in [9.17, 15) is 23.1 Å². The minimum absolute atomic E-state index is 0.140. The lowest BCUT2D eigenvalue weighted by molar-refractivity contribution is -0.253. The SMILES string of the molecule is O=C(c1cnn(Cc2ccccc2)c1)N1CCC(O)(C(F)(F)F)C1. The summed E-state index contributed by atoms with van der Waals surface area (Å²) in [5, 5.41) is 13.7. The Bertz CT molecular complexity index is 730. The molecule has 1 saturated heterocycles. The number of carbonyl (C=O) groups is 1. The third-order valence-corrected chi connectivity index (χ3v) is 4.13. The van der Waals surface area contributed by atoms with Gasteiger partial charge < -0.3 is 10.0 Å². The second-order valence-electron chi connectivity index (χ2n) is 5.92. The summed E-state index contributed by atoms with van der Waals surface area (Å²) in [7, 11) is 0. The fourth-order valence-corrected chi connectivity index (χ4v) is 2.71. The van der Waals surface area contributed by atoms with E-state index in [4.69, 9.17) is 0 Å². The monoisotopic (exact) mass is 339 g/mol. The van der Waals surface area contributed by atoms with Crippen molar-refractivity contribution in [1.29, 1.82) is 0 Å². The Balaban J connectivity index is 1.69. The summed E-state index contributed by atoms with van der Waals surface area (Å²) < 4.78 is 40.0. The first-order valence-electron chi connectivity index (χ1n) is 7.43. The van der Waals surface area contributed by atoms with E-state index in [-0.39, 0.29) is 12.1 Å². The highest BCUT2D eigenvalue weighted by Crippen LogP contribution is 2.37. The zero-order valence-corrected chi connectivity index (χ0v) is 12.7. The van der Waals surface area contributed by atoms with Crippen molar-refractivity contribution in [2.75, 3.05) is 13.1 Å². The van der Waals surface area contributed by atoms with Gasteiger partial charge in [-0.2, -0.15) is 18.3 Å². The number of aromatic nitrogens is 2. The number of carbonyl (C=O) groups excluding carboxylic acids is 1. The normalized spacial score (nSPS) is 21.2. The van der Waals surface area contributed by atoms with E-state index < -0.39 is 30.7 Å². The maximum Gasteiger partial charge on any atom is 0.419 e. The molecule has 0 spiro atoms. The van der Waals surface area contributed by atoms with Crippen LogP contribution in [0, 0.1) is 0 Å². The summed E-state index contributed by atoms with van der Waals surface area (Å²) in [6, 6.07) is 9.47. The van der Waals surface area contributed by atoms with Gasteiger partial charge in [0.15, 0.2) is 5.60 Å². The molecular formula is C16H16F3N3O2. The molecule has 2 aromatic rings. The minimum Gasteiger partial charge on any atom is -0.379 e. The number of alkyl halides is 3. The third kappa shape index (κ3) is 3.14. The van der Waals surface area contributed by atoms with E-state index in [1.807, 2.05) is 30.3 Å². The van der Waals surface area contributed by atoms with E-state index >= 15 is 0 Å². The quantitative estimate of drug-likeness (QED) is 0.931. The number of benzene rings is 1. The van der Waals surface area contributed by atoms with Crippen LogP contribution in [0.1, 0.15) is 22.3 Å². The number of rotatable bonds is 3. The van der Waals surface area contributed by atoms with Gasteiger partial charge in [-0.15, -0.1) is 0 Å². The first kappa shape index (κ1) is 16.5. The molecule has 1 aliphatic heterocycles. The molecule has 1 amide bonds. The van der Waals surface area contributed by atoms with Crippen molar-refractivity contribution in [1.82, 2.24) is 14.7 Å². The summed E-state index contributed by atoms with van der Waals surface area (Å²) in [5.41, 5.74) is -1.63. The zero-order valence-electron chi connectivity index (χ0n) is 12.7. The van der Waals surface area contributed by atoms with E-state index in [0.717, 1.165) is 10.5 Å². The van der Waals surface area contributed by atoms with Crippen LogP contribution in [0.2, 0.25) is 0 Å². The van der Waals surface area contributed by atoms with Crippen LogP contribution in [-0.2, 0) is 6.54 Å². The molecule has 8 heteroatoms. The van der Waals surface area contributed by atoms with Gasteiger partial charge in [0, 0.05) is 19.2 Å². The largest absolute Gasteiger partial charge is 0.419 e. The molecule has 2 heterocycles. The zero-order chi connectivity index (χ0) is 17.4. The molecule has 1 unspecified atom stereocenters. The highest BCUT2D eigenvalue weighted by atomic mass is 19.4. The lowest BCUT2D eigenvalue weighted by atomic mass is 10.0. The lowest BCUT2D eigenvalue weighted by Crippen LogP contribution is -2.48. The molecular weight excluding hydrogens is 323 g/mol. The van der Waals surface area contributed by atoms with Gasteiger partial charge in [-0.05, 0) is 5.56 Å². The first-order chi connectivity index (χ1) is 11.3. The van der Waals surface area contributed by atoms with Crippen LogP contribution in [0.15, 0.2) is 42.7 Å². The second kappa shape index (κ2) is 5.94. The molecule has 1 fully saturated rings. The van der Waals surface area contributed by atoms with Crippen molar-refractivity contribution in [2.45, 2.75) is 24.7 Å². The van der Waals surface area contributed by atoms with Gasteiger partial charge >= 0.3 is 6.18 Å². The van der Waals surface area contributed by atoms with Crippen LogP contribution >= 0.6 is 0 Å². The first-order valence-corrected chi connectivity index (χ1v) is 7.43. The Morgan fingerprint density at radius 1 is 1.29 bits per heavy atom. The average molecular weight is 339 g/mol. The van der Waals surface area contributed by atoms with Crippen molar-refractivity contribution in [3.05, 3.63) is 53.9 Å². The van der Waals surface area contributed by atoms with Gasteiger partial charge in [0.05, 0.1) is 24.8 Å². The number of aliphatic hydroxyl groups is 1. The topological polar surface area (TPSA) is 58.4 Å². The van der Waals surface area contributed by atoms with E-state index in [1.165, 1.54) is 12.4 Å². The van der Waals surface area contributed by atoms with Gasteiger partial charge in [-0.1, -0.05) is 30.3 Å². The molecule has 1 N–H and O–H groups in total. The Labute approximate surface area is 136 Å². The van der Waals surface area contributed by atoms with Gasteiger partial charge in [-0.25, -0.2) is 0 Å². The number of hydrogen-bond acceptors (Lipinski definition) is 3. The third-order valence-electron chi connectivity index (χ3n) is 4.13. The Morgan fingerprint density at radius 2 is 2.00 bits per heavy atom. The van der Waals surface area contributed by atoms with Crippen molar-refractivity contribution in [2.24, 2.45) is 0 Å². The number of hydrogen-bond donors (Lipinski definition) is 1. The molecule has 1 aromatic carbocycles. The summed E-state index contributed by atoms with van der Waals surface area (Å²) >= 11 is 0. The van der Waals surface area contributed by atoms with Crippen LogP contribution in [-0.4, -0.2) is 50.6 Å². The van der Waals surface area contributed by atoms with E-state index in [2.05, 4.69) is 5.10 Å². The van der Waals surface area contributed by atoms with E-state index in [1.54, 1.807) is 4.68 Å². The maximum absolute atomic E-state index is 12.8. The highest BCUT2D eigenvalue weighted by Gasteiger charge is 2.57. The minimum atomic E-state index is -4.75. The van der Waals surface area contributed by atoms with Gasteiger partial charge in [0.1, 0.15) is 0 Å². The summed E-state index contributed by atoms with van der Waals surface area (Å²) in [4.78, 5) is 13.3. The standard InChI is InChI=1S/C16H16F3N3O2/c17-16(18,19)15(24)6-7-21(11-15)14(23)13-8-20-22(10-13)9-12-4-2-1-3-5-12/h1-5,8,10,24H,6-7,9,11H2. The van der Waals surface area contributed by atoms with Crippen LogP contribution in [0.25, 0.3) is 0 Å². The maximum atomic E-state index is 12.8. The fourth-order valence-electron chi connectivity index (χ4n) is 2.71. The molecule has 5 nitrogen and oxygen atoms in total. The number of likely N-dealkylation sites (tertiary alicyclic amines) is 1. The van der Waals surface area contributed by atoms with Crippen LogP contribution < -0.4 is 0 Å². The lowest BCUT2D eigenvalue weighted by Gasteiger charge is -2.25. The predicted molar refractivity (Wildman–Crippen MR) is 79.3 cm³/mol.